The molecule has 0 spiro atoms. The number of carboxylic acids is 1. The van der Waals surface area contributed by atoms with E-state index in [0.29, 0.717) is 24.1 Å². The molecule has 1 aliphatic heterocycles. The van der Waals surface area contributed by atoms with Crippen molar-refractivity contribution in [2.45, 2.75) is 39.0 Å². The average Bonchev–Trinajstić information content (AvgIpc) is 2.84. The molecule has 2 heterocycles. The largest absolute Gasteiger partial charge is 0.481 e. The zero-order chi connectivity index (χ0) is 13.7. The minimum atomic E-state index is -0.842. The van der Waals surface area contributed by atoms with Crippen LogP contribution in [0, 0.1) is 5.92 Å². The molecule has 0 aromatic carbocycles. The van der Waals surface area contributed by atoms with Gasteiger partial charge >= 0.3 is 5.97 Å². The minimum absolute atomic E-state index is 0.0364. The molecular formula is C13H21N3O3. The molecule has 6 nitrogen and oxygen atoms in total. The Morgan fingerprint density at radius 1 is 1.58 bits per heavy atom. The van der Waals surface area contributed by atoms with E-state index < -0.39 is 5.97 Å². The fourth-order valence-electron chi connectivity index (χ4n) is 2.55. The van der Waals surface area contributed by atoms with Crippen molar-refractivity contribution in [3.63, 3.8) is 0 Å². The maximum atomic E-state index is 10.5. The van der Waals surface area contributed by atoms with E-state index in [1.54, 1.807) is 0 Å². The first kappa shape index (κ1) is 14.0. The van der Waals surface area contributed by atoms with Gasteiger partial charge in [0.1, 0.15) is 0 Å². The molecule has 19 heavy (non-hydrogen) atoms. The Kier molecular flexibility index (Phi) is 4.90. The number of hydrogen-bond acceptors (Lipinski definition) is 5. The number of rotatable bonds is 6. The third-order valence-corrected chi connectivity index (χ3v) is 3.58. The van der Waals surface area contributed by atoms with Gasteiger partial charge in [0.25, 0.3) is 0 Å². The Labute approximate surface area is 112 Å². The van der Waals surface area contributed by atoms with Crippen molar-refractivity contribution < 1.29 is 14.4 Å². The third kappa shape index (κ3) is 4.31. The Bertz CT molecular complexity index is 419. The predicted octanol–water partition coefficient (Wildman–Crippen LogP) is 1.36. The van der Waals surface area contributed by atoms with Crippen molar-refractivity contribution in [3.05, 3.63) is 11.7 Å². The fourth-order valence-corrected chi connectivity index (χ4v) is 2.55. The maximum Gasteiger partial charge on any atom is 0.303 e. The van der Waals surface area contributed by atoms with Crippen LogP contribution in [0.25, 0.3) is 0 Å². The molecule has 0 radical (unpaired) electrons. The van der Waals surface area contributed by atoms with Gasteiger partial charge in [-0.25, -0.2) is 0 Å². The smallest absolute Gasteiger partial charge is 0.303 e. The summed E-state index contributed by atoms with van der Waals surface area (Å²) < 4.78 is 5.07. The summed E-state index contributed by atoms with van der Waals surface area (Å²) in [4.78, 5) is 17.2. The van der Waals surface area contributed by atoms with E-state index in [1.807, 2.05) is 0 Å². The van der Waals surface area contributed by atoms with Crippen molar-refractivity contribution in [1.29, 1.82) is 0 Å². The molecule has 0 bridgehead atoms. The van der Waals surface area contributed by atoms with Crippen LogP contribution in [-0.2, 0) is 17.6 Å². The molecule has 0 aliphatic carbocycles. The van der Waals surface area contributed by atoms with Crippen LogP contribution >= 0.6 is 0 Å². The average molecular weight is 267 g/mol. The van der Waals surface area contributed by atoms with Crippen LogP contribution < -0.4 is 0 Å². The molecule has 1 N–H and O–H groups in total. The lowest BCUT2D eigenvalue weighted by Crippen LogP contribution is -2.36. The molecule has 6 heteroatoms. The topological polar surface area (TPSA) is 79.5 Å². The van der Waals surface area contributed by atoms with E-state index >= 15 is 0 Å². The Morgan fingerprint density at radius 3 is 3.16 bits per heavy atom. The number of aliphatic carboxylic acids is 1. The quantitative estimate of drug-likeness (QED) is 0.838. The molecule has 1 atom stereocenters. The SMILES string of the molecule is CCN1CCCC(Cc2noc(CCC(=O)O)n2)C1. The van der Waals surface area contributed by atoms with Crippen molar-refractivity contribution in [1.82, 2.24) is 15.0 Å². The second-order valence-corrected chi connectivity index (χ2v) is 5.10. The molecule has 1 aromatic heterocycles. The van der Waals surface area contributed by atoms with E-state index in [0.717, 1.165) is 19.5 Å². The first-order chi connectivity index (χ1) is 9.17. The number of likely N-dealkylation sites (tertiary alicyclic amines) is 1. The van der Waals surface area contributed by atoms with Crippen LogP contribution in [0.4, 0.5) is 0 Å². The number of piperidine rings is 1. The highest BCUT2D eigenvalue weighted by Crippen LogP contribution is 2.19. The summed E-state index contributed by atoms with van der Waals surface area (Å²) in [5.41, 5.74) is 0. The number of aryl methyl sites for hydroxylation is 1. The van der Waals surface area contributed by atoms with E-state index in [2.05, 4.69) is 22.0 Å². The van der Waals surface area contributed by atoms with Crippen molar-refractivity contribution in [2.75, 3.05) is 19.6 Å². The monoisotopic (exact) mass is 267 g/mol. The van der Waals surface area contributed by atoms with Gasteiger partial charge < -0.3 is 14.5 Å². The molecule has 0 amide bonds. The maximum absolute atomic E-state index is 10.5. The van der Waals surface area contributed by atoms with E-state index in [9.17, 15) is 4.79 Å². The van der Waals surface area contributed by atoms with Crippen LogP contribution in [-0.4, -0.2) is 45.8 Å². The lowest BCUT2D eigenvalue weighted by molar-refractivity contribution is -0.137. The summed E-state index contributed by atoms with van der Waals surface area (Å²) >= 11 is 0. The molecule has 1 fully saturated rings. The summed E-state index contributed by atoms with van der Waals surface area (Å²) in [6.45, 7) is 5.55. The Balaban J connectivity index is 1.83. The van der Waals surface area contributed by atoms with Crippen molar-refractivity contribution in [3.8, 4) is 0 Å². The van der Waals surface area contributed by atoms with Crippen LogP contribution in [0.3, 0.4) is 0 Å². The van der Waals surface area contributed by atoms with Gasteiger partial charge in [0, 0.05) is 19.4 Å². The molecule has 0 saturated carbocycles. The summed E-state index contributed by atoms with van der Waals surface area (Å²) in [6.07, 6.45) is 3.60. The highest BCUT2D eigenvalue weighted by atomic mass is 16.5. The van der Waals surface area contributed by atoms with E-state index in [-0.39, 0.29) is 6.42 Å². The Morgan fingerprint density at radius 2 is 2.42 bits per heavy atom. The lowest BCUT2D eigenvalue weighted by atomic mass is 9.94. The highest BCUT2D eigenvalue weighted by molar-refractivity contribution is 5.66. The van der Waals surface area contributed by atoms with Gasteiger partial charge in [0.2, 0.25) is 5.89 Å². The second-order valence-electron chi connectivity index (χ2n) is 5.10. The molecule has 1 aliphatic rings. The number of nitrogens with zero attached hydrogens (tertiary/aromatic N) is 3. The minimum Gasteiger partial charge on any atom is -0.481 e. The van der Waals surface area contributed by atoms with Crippen molar-refractivity contribution >= 4 is 5.97 Å². The molecule has 2 rings (SSSR count). The number of aromatic nitrogens is 2. The fraction of sp³-hybridized carbons (Fsp3) is 0.769. The Hall–Kier alpha value is -1.43. The third-order valence-electron chi connectivity index (χ3n) is 3.58. The standard InChI is InChI=1S/C13H21N3O3/c1-2-16-7-3-4-10(9-16)8-11-14-12(19-15-11)5-6-13(17)18/h10H,2-9H2,1H3,(H,17,18). The summed E-state index contributed by atoms with van der Waals surface area (Å²) in [7, 11) is 0. The number of carbonyl (C=O) groups is 1. The molecule has 106 valence electrons. The first-order valence-electron chi connectivity index (χ1n) is 6.93. The van der Waals surface area contributed by atoms with Crippen LogP contribution in [0.2, 0.25) is 0 Å². The molecule has 1 unspecified atom stereocenters. The molecule has 1 aromatic rings. The van der Waals surface area contributed by atoms with Gasteiger partial charge in [-0.2, -0.15) is 4.98 Å². The van der Waals surface area contributed by atoms with Crippen molar-refractivity contribution in [2.24, 2.45) is 5.92 Å². The number of carboxylic acid groups (broad SMARTS) is 1. The van der Waals surface area contributed by atoms with Crippen LogP contribution in [0.1, 0.15) is 37.9 Å². The van der Waals surface area contributed by atoms with Gasteiger partial charge in [-0.1, -0.05) is 12.1 Å². The highest BCUT2D eigenvalue weighted by Gasteiger charge is 2.21. The van der Waals surface area contributed by atoms with Gasteiger partial charge in [0.05, 0.1) is 6.42 Å². The van der Waals surface area contributed by atoms with Gasteiger partial charge in [-0.05, 0) is 31.8 Å². The summed E-state index contributed by atoms with van der Waals surface area (Å²) in [6, 6.07) is 0. The van der Waals surface area contributed by atoms with E-state index in [4.69, 9.17) is 9.63 Å². The normalized spacial score (nSPS) is 20.6. The zero-order valence-electron chi connectivity index (χ0n) is 11.3. The van der Waals surface area contributed by atoms with Gasteiger partial charge in [-0.3, -0.25) is 4.79 Å². The molecule has 1 saturated heterocycles. The zero-order valence-corrected chi connectivity index (χ0v) is 11.3. The van der Waals surface area contributed by atoms with Crippen LogP contribution in [0.5, 0.6) is 0 Å². The summed E-state index contributed by atoms with van der Waals surface area (Å²) in [5.74, 6) is 0.883. The molecular weight excluding hydrogens is 246 g/mol. The summed E-state index contributed by atoms with van der Waals surface area (Å²) in [5, 5.41) is 12.5. The first-order valence-corrected chi connectivity index (χ1v) is 6.93. The second kappa shape index (κ2) is 6.65. The van der Waals surface area contributed by atoms with Crippen LogP contribution in [0.15, 0.2) is 4.52 Å². The number of hydrogen-bond donors (Lipinski definition) is 1. The van der Waals surface area contributed by atoms with Gasteiger partial charge in [0.15, 0.2) is 5.82 Å². The van der Waals surface area contributed by atoms with Gasteiger partial charge in [-0.15, -0.1) is 0 Å². The predicted molar refractivity (Wildman–Crippen MR) is 68.8 cm³/mol. The lowest BCUT2D eigenvalue weighted by Gasteiger charge is -2.31. The van der Waals surface area contributed by atoms with E-state index in [1.165, 1.54) is 19.4 Å².